The first-order chi connectivity index (χ1) is 23.9. The Balaban J connectivity index is 1.61. The monoisotopic (exact) mass is 752 g/mol. The van der Waals surface area contributed by atoms with Gasteiger partial charge in [-0.2, -0.15) is 0 Å². The molecule has 0 aliphatic carbocycles. The zero-order valence-corrected chi connectivity index (χ0v) is 29.8. The second-order valence-electron chi connectivity index (χ2n) is 12.9. The van der Waals surface area contributed by atoms with Gasteiger partial charge in [0, 0.05) is 47.9 Å². The molecule has 3 aromatic carbocycles. The lowest BCUT2D eigenvalue weighted by molar-refractivity contribution is -0.275. The third-order valence-electron chi connectivity index (χ3n) is 9.60. The number of carbonyl (C=O) groups is 2. The van der Waals surface area contributed by atoms with Gasteiger partial charge in [0.05, 0.1) is 32.1 Å². The van der Waals surface area contributed by atoms with Gasteiger partial charge in [0.1, 0.15) is 16.4 Å². The number of anilines is 1. The van der Waals surface area contributed by atoms with Gasteiger partial charge in [0.15, 0.2) is 11.3 Å². The van der Waals surface area contributed by atoms with E-state index in [2.05, 4.69) is 4.74 Å². The van der Waals surface area contributed by atoms with Crippen LogP contribution in [0.5, 0.6) is 17.2 Å². The molecular weight excluding hydrogens is 717 g/mol. The molecule has 17 heteroatoms. The molecule has 3 atom stereocenters. The average Bonchev–Trinajstić information content (AvgIpc) is 3.53. The van der Waals surface area contributed by atoms with Gasteiger partial charge in [0.2, 0.25) is 5.91 Å². The first kappa shape index (κ1) is 36.7. The summed E-state index contributed by atoms with van der Waals surface area (Å²) >= 11 is 6.55. The van der Waals surface area contributed by atoms with Crippen LogP contribution < -0.4 is 18.5 Å². The minimum atomic E-state index is -5.31. The van der Waals surface area contributed by atoms with E-state index >= 15 is 4.79 Å². The standard InChI is InChI=1S/C34H36ClF3N4O8S/c1-19-6-10-28(49-5)25(12-19)33(41-18-22(43)14-27(41)31(44)40-16-21(17-40)39(2)3)24-13-20(35)7-9-26(24)42(32(33)45)51(46,47)30-11-8-23(48-4)15-29(30)50-34(36,37)38/h6-13,15,21-22,27,43H,14,16-18H2,1-5H3/t22-,27+,33?/m1/s1. The SMILES string of the molecule is COc1ccc(S(=O)(=O)N2C(=O)C(c3cc(C)ccc3OC)(N3C[C@H](O)C[C@H]3C(=O)N3CC(N(C)C)C3)c3cc(Cl)ccc32)c(OC(F)(F)F)c1. The largest absolute Gasteiger partial charge is 0.573 e. The third-order valence-corrected chi connectivity index (χ3v) is 11.6. The first-order valence-corrected chi connectivity index (χ1v) is 17.6. The molecule has 2 amide bonds. The number of aliphatic hydroxyl groups excluding tert-OH is 1. The zero-order valence-electron chi connectivity index (χ0n) is 28.3. The molecule has 12 nitrogen and oxygen atoms in total. The van der Waals surface area contributed by atoms with Gasteiger partial charge in [0.25, 0.3) is 15.9 Å². The topological polar surface area (TPSA) is 129 Å². The fourth-order valence-corrected chi connectivity index (χ4v) is 8.84. The van der Waals surface area contributed by atoms with Crippen molar-refractivity contribution in [3.8, 4) is 17.2 Å². The van der Waals surface area contributed by atoms with E-state index in [1.165, 1.54) is 37.3 Å². The second kappa shape index (κ2) is 13.2. The highest BCUT2D eigenvalue weighted by Gasteiger charge is 2.64. The highest BCUT2D eigenvalue weighted by Crippen LogP contribution is 2.55. The minimum Gasteiger partial charge on any atom is -0.497 e. The predicted octanol–water partition coefficient (Wildman–Crippen LogP) is 3.75. The maximum Gasteiger partial charge on any atom is 0.573 e. The number of benzene rings is 3. The Morgan fingerprint density at radius 3 is 2.31 bits per heavy atom. The minimum absolute atomic E-state index is 0.0148. The second-order valence-corrected chi connectivity index (χ2v) is 15.1. The van der Waals surface area contributed by atoms with Crippen molar-refractivity contribution < 1.29 is 50.5 Å². The number of halogens is 4. The molecule has 3 aliphatic heterocycles. The molecule has 0 saturated carbocycles. The Morgan fingerprint density at radius 2 is 1.69 bits per heavy atom. The molecule has 2 fully saturated rings. The van der Waals surface area contributed by atoms with E-state index in [-0.39, 0.29) is 58.3 Å². The number of nitrogens with zero attached hydrogens (tertiary/aromatic N) is 4. The zero-order chi connectivity index (χ0) is 37.2. The maximum absolute atomic E-state index is 15.5. The molecular formula is C34H36ClF3N4O8S. The van der Waals surface area contributed by atoms with Gasteiger partial charge in [-0.05, 0) is 69.9 Å². The van der Waals surface area contributed by atoms with Crippen molar-refractivity contribution in [3.05, 3.63) is 76.3 Å². The quantitative estimate of drug-likeness (QED) is 0.345. The van der Waals surface area contributed by atoms with Crippen molar-refractivity contribution in [2.75, 3.05) is 52.3 Å². The summed E-state index contributed by atoms with van der Waals surface area (Å²) in [6, 6.07) is 10.6. The lowest BCUT2D eigenvalue weighted by Crippen LogP contribution is -2.65. The van der Waals surface area contributed by atoms with Crippen LogP contribution in [0.25, 0.3) is 0 Å². The van der Waals surface area contributed by atoms with Crippen LogP contribution in [0, 0.1) is 6.92 Å². The number of ether oxygens (including phenoxy) is 3. The summed E-state index contributed by atoms with van der Waals surface area (Å²) in [5, 5.41) is 11.3. The van der Waals surface area contributed by atoms with Crippen molar-refractivity contribution in [1.29, 1.82) is 0 Å². The molecule has 0 radical (unpaired) electrons. The molecule has 3 aliphatic rings. The van der Waals surface area contributed by atoms with Crippen LogP contribution in [0.15, 0.2) is 59.5 Å². The van der Waals surface area contributed by atoms with Crippen molar-refractivity contribution in [2.45, 2.75) is 48.3 Å². The number of aliphatic hydroxyl groups is 1. The number of hydrogen-bond acceptors (Lipinski definition) is 10. The number of sulfonamides is 1. The fourth-order valence-electron chi connectivity index (χ4n) is 7.10. The van der Waals surface area contributed by atoms with E-state index in [1.54, 1.807) is 30.0 Å². The molecule has 3 heterocycles. The molecule has 1 unspecified atom stereocenters. The normalized spacial score (nSPS) is 22.7. The first-order valence-electron chi connectivity index (χ1n) is 15.8. The lowest BCUT2D eigenvalue weighted by Gasteiger charge is -2.47. The van der Waals surface area contributed by atoms with Crippen LogP contribution >= 0.6 is 11.6 Å². The summed E-state index contributed by atoms with van der Waals surface area (Å²) < 4.78 is 85.6. The van der Waals surface area contributed by atoms with E-state index in [0.717, 1.165) is 18.2 Å². The number of hydrogen-bond donors (Lipinski definition) is 1. The fraction of sp³-hybridized carbons (Fsp3) is 0.412. The van der Waals surface area contributed by atoms with Crippen molar-refractivity contribution in [3.63, 3.8) is 0 Å². The number of aryl methyl sites for hydroxylation is 1. The molecule has 0 aromatic heterocycles. The number of amides is 2. The Kier molecular flexibility index (Phi) is 9.46. The number of methoxy groups -OCH3 is 2. The molecule has 274 valence electrons. The molecule has 0 bridgehead atoms. The third kappa shape index (κ3) is 6.16. The Labute approximate surface area is 297 Å². The number of carbonyl (C=O) groups excluding carboxylic acids is 2. The number of alkyl halides is 3. The van der Waals surface area contributed by atoms with E-state index in [1.807, 2.05) is 19.0 Å². The predicted molar refractivity (Wildman–Crippen MR) is 179 cm³/mol. The molecule has 1 N–H and O–H groups in total. The summed E-state index contributed by atoms with van der Waals surface area (Å²) in [6.07, 6.45) is -6.51. The average molecular weight is 753 g/mol. The van der Waals surface area contributed by atoms with E-state index in [9.17, 15) is 31.5 Å². The maximum atomic E-state index is 15.5. The number of β-amino-alcohol motifs (C(OH)–C–C–N with tert-alkyl or cyclic N) is 1. The highest BCUT2D eigenvalue weighted by molar-refractivity contribution is 7.93. The molecule has 3 aromatic rings. The van der Waals surface area contributed by atoms with Crippen LogP contribution in [0.3, 0.4) is 0 Å². The molecule has 51 heavy (non-hydrogen) atoms. The Hall–Kier alpha value is -4.09. The number of fused-ring (bicyclic) bond motifs is 1. The highest BCUT2D eigenvalue weighted by atomic mass is 35.5. The van der Waals surface area contributed by atoms with Crippen LogP contribution in [0.2, 0.25) is 5.02 Å². The Bertz CT molecular complexity index is 1990. The number of rotatable bonds is 9. The van der Waals surface area contributed by atoms with Crippen molar-refractivity contribution in [2.24, 2.45) is 0 Å². The lowest BCUT2D eigenvalue weighted by atomic mass is 9.80. The van der Waals surface area contributed by atoms with Crippen LogP contribution in [0.4, 0.5) is 18.9 Å². The van der Waals surface area contributed by atoms with Gasteiger partial charge in [-0.1, -0.05) is 23.2 Å². The van der Waals surface area contributed by atoms with Crippen LogP contribution in [0.1, 0.15) is 23.1 Å². The van der Waals surface area contributed by atoms with Crippen molar-refractivity contribution >= 4 is 39.1 Å². The van der Waals surface area contributed by atoms with E-state index < -0.39 is 50.6 Å². The van der Waals surface area contributed by atoms with E-state index in [4.69, 9.17) is 21.1 Å². The van der Waals surface area contributed by atoms with Crippen LogP contribution in [-0.4, -0.2) is 113 Å². The number of likely N-dealkylation sites (tertiary alicyclic amines) is 2. The summed E-state index contributed by atoms with van der Waals surface area (Å²) in [6.45, 7) is 2.27. The summed E-state index contributed by atoms with van der Waals surface area (Å²) in [4.78, 5) is 33.8. The van der Waals surface area contributed by atoms with Gasteiger partial charge in [-0.25, -0.2) is 12.7 Å². The molecule has 0 spiro atoms. The smallest absolute Gasteiger partial charge is 0.497 e. The van der Waals surface area contributed by atoms with Gasteiger partial charge < -0.3 is 29.1 Å². The molecule has 6 rings (SSSR count). The van der Waals surface area contributed by atoms with Gasteiger partial charge >= 0.3 is 6.36 Å². The van der Waals surface area contributed by atoms with Gasteiger partial charge in [-0.15, -0.1) is 13.2 Å². The Morgan fingerprint density at radius 1 is 0.980 bits per heavy atom. The van der Waals surface area contributed by atoms with Gasteiger partial charge in [-0.3, -0.25) is 14.5 Å². The summed E-state index contributed by atoms with van der Waals surface area (Å²) in [5.41, 5.74) is -1.63. The van der Waals surface area contributed by atoms with Crippen LogP contribution in [-0.2, 0) is 25.2 Å². The summed E-state index contributed by atoms with van der Waals surface area (Å²) in [5.74, 6) is -2.66. The summed E-state index contributed by atoms with van der Waals surface area (Å²) in [7, 11) is 1.08. The van der Waals surface area contributed by atoms with E-state index in [0.29, 0.717) is 23.0 Å². The molecule has 2 saturated heterocycles. The van der Waals surface area contributed by atoms with Crippen molar-refractivity contribution in [1.82, 2.24) is 14.7 Å². The number of likely N-dealkylation sites (N-methyl/N-ethyl adjacent to an activating group) is 1.